The molecule has 4 aromatic rings. The van der Waals surface area contributed by atoms with Crippen LogP contribution in [-0.4, -0.2) is 71.1 Å². The van der Waals surface area contributed by atoms with Gasteiger partial charge in [0.1, 0.15) is 41.5 Å². The van der Waals surface area contributed by atoms with Crippen LogP contribution in [0, 0.1) is 0 Å². The molecule has 3 aromatic heterocycles. The molecule has 2 amide bonds. The van der Waals surface area contributed by atoms with E-state index in [2.05, 4.69) is 41.3 Å². The smallest absolute Gasteiger partial charge is 0.248 e. The first-order valence-electron chi connectivity index (χ1n) is 12.0. The second kappa shape index (κ2) is 10.9. The number of Topliss-reactive ketones (excluding diaryl/α,β-unsaturated/α-hetero) is 1. The number of pyridine rings is 1. The number of fused-ring (bicyclic) bond motifs is 1. The fourth-order valence-electron chi connectivity index (χ4n) is 4.54. The Bertz CT molecular complexity index is 1580. The van der Waals surface area contributed by atoms with Crippen LogP contribution >= 0.6 is 15.9 Å². The van der Waals surface area contributed by atoms with Gasteiger partial charge < -0.3 is 15.3 Å². The van der Waals surface area contributed by atoms with Crippen molar-refractivity contribution in [3.63, 3.8) is 0 Å². The molecule has 0 unspecified atom stereocenters. The highest BCUT2D eigenvalue weighted by Gasteiger charge is 2.40. The summed E-state index contributed by atoms with van der Waals surface area (Å²) in [5.74, 6) is -0.774. The first kappa shape index (κ1) is 26.5. The number of nitrogens with zero attached hydrogens (tertiary/aromatic N) is 6. The lowest BCUT2D eigenvalue weighted by Gasteiger charge is -2.23. The number of nitrogens with one attached hydrogen (secondary N) is 1. The molecule has 0 aliphatic carbocycles. The highest BCUT2D eigenvalue weighted by molar-refractivity contribution is 9.10. The van der Waals surface area contributed by atoms with E-state index >= 15 is 0 Å². The van der Waals surface area contributed by atoms with E-state index in [1.165, 1.54) is 16.5 Å². The maximum atomic E-state index is 14.4. The summed E-state index contributed by atoms with van der Waals surface area (Å²) in [6.07, 6.45) is 1.64. The molecule has 4 heterocycles. The monoisotopic (exact) mass is 595 g/mol. The minimum absolute atomic E-state index is 0.134. The molecular formula is C26H23BrFN7O4. The van der Waals surface area contributed by atoms with Crippen LogP contribution in [0.15, 0.2) is 53.4 Å². The van der Waals surface area contributed by atoms with Gasteiger partial charge in [0.2, 0.25) is 11.8 Å². The van der Waals surface area contributed by atoms with Crippen LogP contribution < -0.4 is 5.32 Å². The summed E-state index contributed by atoms with van der Waals surface area (Å²) in [5.41, 5.74) is 2.10. The number of benzene rings is 1. The third-order valence-electron chi connectivity index (χ3n) is 6.39. The number of halogens is 2. The van der Waals surface area contributed by atoms with Gasteiger partial charge in [-0.1, -0.05) is 12.1 Å². The Morgan fingerprint density at radius 3 is 2.62 bits per heavy atom. The quantitative estimate of drug-likeness (QED) is 0.245. The molecule has 0 bridgehead atoms. The van der Waals surface area contributed by atoms with Crippen LogP contribution in [0.1, 0.15) is 29.7 Å². The molecule has 2 atom stereocenters. The fourth-order valence-corrected chi connectivity index (χ4v) is 4.88. The molecule has 39 heavy (non-hydrogen) atoms. The number of aromatic nitrogens is 5. The Labute approximate surface area is 230 Å². The minimum Gasteiger partial charge on any atom is -0.388 e. The van der Waals surface area contributed by atoms with Gasteiger partial charge in [-0.25, -0.2) is 19.3 Å². The molecule has 1 aliphatic heterocycles. The van der Waals surface area contributed by atoms with Crippen molar-refractivity contribution >= 4 is 50.2 Å². The van der Waals surface area contributed by atoms with Crippen LogP contribution in [-0.2, 0) is 22.7 Å². The number of hydrogen-bond acceptors (Lipinski definition) is 8. The van der Waals surface area contributed by atoms with E-state index in [1.54, 1.807) is 48.8 Å². The minimum atomic E-state index is -1.36. The number of likely N-dealkylation sites (tertiary alicyclic amines) is 1. The average molecular weight is 596 g/mol. The second-order valence-electron chi connectivity index (χ2n) is 9.07. The predicted octanol–water partition coefficient (Wildman–Crippen LogP) is 2.92. The van der Waals surface area contributed by atoms with Gasteiger partial charge in [0, 0.05) is 36.7 Å². The van der Waals surface area contributed by atoms with E-state index in [0.29, 0.717) is 21.1 Å². The third kappa shape index (κ3) is 5.54. The van der Waals surface area contributed by atoms with Crippen molar-refractivity contribution in [1.82, 2.24) is 29.6 Å². The normalized spacial score (nSPS) is 17.0. The summed E-state index contributed by atoms with van der Waals surface area (Å²) in [5, 5.41) is 16.7. The molecule has 13 heteroatoms. The van der Waals surface area contributed by atoms with Gasteiger partial charge in [0.05, 0.1) is 12.1 Å². The Morgan fingerprint density at radius 2 is 1.92 bits per heavy atom. The number of carbonyl (C=O) groups is 3. The van der Waals surface area contributed by atoms with Crippen molar-refractivity contribution in [2.24, 2.45) is 0 Å². The number of hydrogen-bond donors (Lipinski definition) is 2. The van der Waals surface area contributed by atoms with E-state index in [9.17, 15) is 23.9 Å². The highest BCUT2D eigenvalue weighted by atomic mass is 79.9. The summed E-state index contributed by atoms with van der Waals surface area (Å²) >= 11 is 3.24. The van der Waals surface area contributed by atoms with Crippen LogP contribution in [0.25, 0.3) is 22.0 Å². The van der Waals surface area contributed by atoms with E-state index in [4.69, 9.17) is 0 Å². The van der Waals surface area contributed by atoms with Crippen LogP contribution in [0.2, 0.25) is 0 Å². The van der Waals surface area contributed by atoms with Crippen LogP contribution in [0.3, 0.4) is 0 Å². The zero-order valence-electron chi connectivity index (χ0n) is 20.7. The second-order valence-corrected chi connectivity index (χ2v) is 9.88. The van der Waals surface area contributed by atoms with Crippen molar-refractivity contribution in [1.29, 1.82) is 0 Å². The molecule has 0 spiro atoms. The van der Waals surface area contributed by atoms with Gasteiger partial charge in [-0.2, -0.15) is 5.10 Å². The van der Waals surface area contributed by atoms with Gasteiger partial charge in [0.25, 0.3) is 0 Å². The SMILES string of the molecule is CC(=O)c1nn(CC(=O)N2C[C@H](F)C[C@H]2C(=O)Nc2cccc(Br)n2)c2ccc(-c3cnc(CO)nc3)cc12. The number of amides is 2. The van der Waals surface area contributed by atoms with E-state index < -0.39 is 24.0 Å². The lowest BCUT2D eigenvalue weighted by Crippen LogP contribution is -2.44. The molecular weight excluding hydrogens is 573 g/mol. The zero-order chi connectivity index (χ0) is 27.7. The van der Waals surface area contributed by atoms with Crippen molar-refractivity contribution in [3.8, 4) is 11.1 Å². The maximum Gasteiger partial charge on any atom is 0.248 e. The van der Waals surface area contributed by atoms with Gasteiger partial charge in [-0.3, -0.25) is 19.1 Å². The number of aliphatic hydroxyl groups excluding tert-OH is 1. The first-order valence-corrected chi connectivity index (χ1v) is 12.8. The molecule has 5 rings (SSSR count). The summed E-state index contributed by atoms with van der Waals surface area (Å²) in [6, 6.07) is 9.23. The van der Waals surface area contributed by atoms with Gasteiger partial charge >= 0.3 is 0 Å². The summed E-state index contributed by atoms with van der Waals surface area (Å²) in [4.78, 5) is 52.2. The largest absolute Gasteiger partial charge is 0.388 e. The Balaban J connectivity index is 1.40. The molecule has 11 nitrogen and oxygen atoms in total. The van der Waals surface area contributed by atoms with Crippen molar-refractivity contribution < 1.29 is 23.9 Å². The third-order valence-corrected chi connectivity index (χ3v) is 6.83. The van der Waals surface area contributed by atoms with Gasteiger partial charge in [0.15, 0.2) is 11.6 Å². The van der Waals surface area contributed by atoms with Crippen molar-refractivity contribution in [2.75, 3.05) is 11.9 Å². The molecule has 1 saturated heterocycles. The molecule has 200 valence electrons. The molecule has 2 N–H and O–H groups in total. The number of anilines is 1. The van der Waals surface area contributed by atoms with Crippen LogP contribution in [0.5, 0.6) is 0 Å². The number of rotatable bonds is 7. The molecule has 0 radical (unpaired) electrons. The van der Waals surface area contributed by atoms with E-state index in [1.807, 2.05) is 0 Å². The number of aliphatic hydroxyl groups is 1. The summed E-state index contributed by atoms with van der Waals surface area (Å²) in [7, 11) is 0. The van der Waals surface area contributed by atoms with E-state index in [0.717, 1.165) is 5.56 Å². The van der Waals surface area contributed by atoms with Crippen molar-refractivity contribution in [2.45, 2.75) is 38.7 Å². The lowest BCUT2D eigenvalue weighted by molar-refractivity contribution is -0.137. The standard InChI is InChI=1S/C26H23BrFN7O4/c1-14(37)25-18-7-15(16-9-29-23(13-36)30-10-16)5-6-19(18)35(33-25)12-24(38)34-11-17(28)8-20(34)26(39)32-22-4-2-3-21(27)31-22/h2-7,9-10,17,20,36H,8,11-13H2,1H3,(H,31,32,39)/t17-,20+/m1/s1. The molecule has 1 fully saturated rings. The Kier molecular flexibility index (Phi) is 7.44. The first-order chi connectivity index (χ1) is 18.7. The van der Waals surface area contributed by atoms with Gasteiger partial charge in [-0.05, 0) is 45.8 Å². The predicted molar refractivity (Wildman–Crippen MR) is 142 cm³/mol. The zero-order valence-corrected chi connectivity index (χ0v) is 22.3. The highest BCUT2D eigenvalue weighted by Crippen LogP contribution is 2.28. The molecule has 1 aliphatic rings. The molecule has 1 aromatic carbocycles. The number of ketones is 1. The fraction of sp³-hybridized carbons (Fsp3) is 0.269. The summed E-state index contributed by atoms with van der Waals surface area (Å²) < 4.78 is 16.3. The average Bonchev–Trinajstić information content (AvgIpc) is 3.49. The van der Waals surface area contributed by atoms with E-state index in [-0.39, 0.29) is 49.2 Å². The summed E-state index contributed by atoms with van der Waals surface area (Å²) in [6.45, 7) is 0.584. The molecule has 0 saturated carbocycles. The van der Waals surface area contributed by atoms with Gasteiger partial charge in [-0.15, -0.1) is 0 Å². The Morgan fingerprint density at radius 1 is 1.15 bits per heavy atom. The lowest BCUT2D eigenvalue weighted by atomic mass is 10.0. The Hall–Kier alpha value is -4.10. The maximum absolute atomic E-state index is 14.4. The number of alkyl halides is 1. The van der Waals surface area contributed by atoms with Crippen molar-refractivity contribution in [3.05, 3.63) is 64.9 Å². The topological polar surface area (TPSA) is 143 Å². The number of carbonyl (C=O) groups excluding carboxylic acids is 3. The van der Waals surface area contributed by atoms with Crippen LogP contribution in [0.4, 0.5) is 10.2 Å².